The molecule has 18 heavy (non-hydrogen) atoms. The second kappa shape index (κ2) is 10.7. The van der Waals surface area contributed by atoms with Crippen LogP contribution in [0.15, 0.2) is 0 Å². The van der Waals surface area contributed by atoms with Gasteiger partial charge in [-0.25, -0.2) is 0 Å². The maximum Gasteiger partial charge on any atom is 0.0700 e. The fourth-order valence-electron chi connectivity index (χ4n) is 2.61. The molecule has 0 radical (unpaired) electrons. The Morgan fingerprint density at radius 3 is 2.89 bits per heavy atom. The third kappa shape index (κ3) is 6.69. The van der Waals surface area contributed by atoms with Gasteiger partial charge in [-0.2, -0.15) is 0 Å². The normalized spacial score (nSPS) is 21.3. The van der Waals surface area contributed by atoms with E-state index in [9.17, 15) is 0 Å². The number of piperidine rings is 1. The molecule has 0 aromatic heterocycles. The van der Waals surface area contributed by atoms with E-state index in [2.05, 4.69) is 10.2 Å². The number of rotatable bonds is 10. The van der Waals surface area contributed by atoms with Gasteiger partial charge in [-0.15, -0.1) is 0 Å². The Bertz CT molecular complexity index is 191. The summed E-state index contributed by atoms with van der Waals surface area (Å²) in [5.74, 6) is 0. The molecule has 0 spiro atoms. The number of ether oxygens (including phenoxy) is 2. The highest BCUT2D eigenvalue weighted by Gasteiger charge is 2.20. The summed E-state index contributed by atoms with van der Waals surface area (Å²) in [5, 5.41) is 3.26. The Hall–Kier alpha value is -0.160. The number of hydrogen-bond donors (Lipinski definition) is 1. The molecule has 1 aliphatic heterocycles. The van der Waals surface area contributed by atoms with Crippen molar-refractivity contribution < 1.29 is 9.47 Å². The van der Waals surface area contributed by atoms with Crippen molar-refractivity contribution in [2.75, 3.05) is 53.6 Å². The van der Waals surface area contributed by atoms with Gasteiger partial charge >= 0.3 is 0 Å². The lowest BCUT2D eigenvalue weighted by Crippen LogP contribution is -2.41. The van der Waals surface area contributed by atoms with Crippen LogP contribution in [0.25, 0.3) is 0 Å². The molecule has 4 nitrogen and oxygen atoms in total. The van der Waals surface area contributed by atoms with Crippen LogP contribution in [0, 0.1) is 0 Å². The molecule has 1 fully saturated rings. The number of hydrogen-bond acceptors (Lipinski definition) is 4. The van der Waals surface area contributed by atoms with Crippen LogP contribution in [0.2, 0.25) is 0 Å². The van der Waals surface area contributed by atoms with Crippen LogP contribution < -0.4 is 5.32 Å². The first-order chi connectivity index (χ1) is 8.88. The number of nitrogens with one attached hydrogen (secondary N) is 1. The molecule has 0 saturated carbocycles. The van der Waals surface area contributed by atoms with Crippen LogP contribution in [-0.2, 0) is 9.47 Å². The molecule has 1 unspecified atom stereocenters. The summed E-state index contributed by atoms with van der Waals surface area (Å²) in [6, 6.07) is 0.783. The Kier molecular flexibility index (Phi) is 9.48. The Balaban J connectivity index is 2.09. The fourth-order valence-corrected chi connectivity index (χ4v) is 2.61. The maximum absolute atomic E-state index is 5.52. The highest BCUT2D eigenvalue weighted by Crippen LogP contribution is 2.19. The van der Waals surface area contributed by atoms with E-state index in [0.717, 1.165) is 32.2 Å². The highest BCUT2D eigenvalue weighted by molar-refractivity contribution is 4.77. The van der Waals surface area contributed by atoms with Crippen LogP contribution in [0.1, 0.15) is 32.1 Å². The van der Waals surface area contributed by atoms with Crippen molar-refractivity contribution in [3.05, 3.63) is 0 Å². The van der Waals surface area contributed by atoms with E-state index >= 15 is 0 Å². The summed E-state index contributed by atoms with van der Waals surface area (Å²) in [6.07, 6.45) is 6.54. The first-order valence-corrected chi connectivity index (χ1v) is 7.33. The Morgan fingerprint density at radius 2 is 2.11 bits per heavy atom. The summed E-state index contributed by atoms with van der Waals surface area (Å²) in [4.78, 5) is 2.65. The van der Waals surface area contributed by atoms with Gasteiger partial charge in [0.15, 0.2) is 0 Å². The van der Waals surface area contributed by atoms with Gasteiger partial charge in [-0.1, -0.05) is 6.42 Å². The standard InChI is InChI=1S/C14H30N2O2/c1-15-8-7-14-6-3-4-9-16(14)10-5-11-18-13-12-17-2/h14-15H,3-13H2,1-2H3. The van der Waals surface area contributed by atoms with E-state index in [1.165, 1.54) is 38.8 Å². The summed E-state index contributed by atoms with van der Waals surface area (Å²) in [5.41, 5.74) is 0. The molecule has 1 rings (SSSR count). The summed E-state index contributed by atoms with van der Waals surface area (Å²) >= 11 is 0. The number of likely N-dealkylation sites (tertiary alicyclic amines) is 1. The van der Waals surface area contributed by atoms with Crippen molar-refractivity contribution >= 4 is 0 Å². The monoisotopic (exact) mass is 258 g/mol. The molecule has 0 aromatic rings. The number of nitrogens with zero attached hydrogens (tertiary/aromatic N) is 1. The van der Waals surface area contributed by atoms with Crippen molar-refractivity contribution in [2.24, 2.45) is 0 Å². The van der Waals surface area contributed by atoms with E-state index in [4.69, 9.17) is 9.47 Å². The van der Waals surface area contributed by atoms with Gasteiger partial charge in [0.25, 0.3) is 0 Å². The minimum Gasteiger partial charge on any atom is -0.382 e. The molecule has 0 aromatic carbocycles. The molecule has 0 bridgehead atoms. The summed E-state index contributed by atoms with van der Waals surface area (Å²) < 4.78 is 10.5. The van der Waals surface area contributed by atoms with Gasteiger partial charge in [0.2, 0.25) is 0 Å². The molecule has 1 saturated heterocycles. The molecular weight excluding hydrogens is 228 g/mol. The minimum absolute atomic E-state index is 0.703. The van der Waals surface area contributed by atoms with Crippen molar-refractivity contribution in [3.8, 4) is 0 Å². The second-order valence-corrected chi connectivity index (χ2v) is 5.04. The quantitative estimate of drug-likeness (QED) is 0.602. The predicted octanol–water partition coefficient (Wildman–Crippen LogP) is 1.50. The molecule has 4 heteroatoms. The molecule has 1 heterocycles. The Labute approximate surface area is 112 Å². The molecule has 1 atom stereocenters. The molecular formula is C14H30N2O2. The van der Waals surface area contributed by atoms with Crippen LogP contribution in [-0.4, -0.2) is 64.6 Å². The summed E-state index contributed by atoms with van der Waals surface area (Å²) in [7, 11) is 3.75. The molecule has 0 aliphatic carbocycles. The van der Waals surface area contributed by atoms with E-state index in [1.807, 2.05) is 7.05 Å². The largest absolute Gasteiger partial charge is 0.382 e. The summed E-state index contributed by atoms with van der Waals surface area (Å²) in [6.45, 7) is 5.87. The third-order valence-electron chi connectivity index (χ3n) is 3.64. The van der Waals surface area contributed by atoms with E-state index in [0.29, 0.717) is 6.61 Å². The third-order valence-corrected chi connectivity index (χ3v) is 3.64. The van der Waals surface area contributed by atoms with Gasteiger partial charge in [-0.3, -0.25) is 0 Å². The zero-order valence-corrected chi connectivity index (χ0v) is 12.1. The van der Waals surface area contributed by atoms with Crippen LogP contribution >= 0.6 is 0 Å². The molecule has 0 amide bonds. The van der Waals surface area contributed by atoms with Gasteiger partial charge < -0.3 is 19.7 Å². The van der Waals surface area contributed by atoms with E-state index < -0.39 is 0 Å². The molecule has 108 valence electrons. The SMILES string of the molecule is CNCCC1CCCCN1CCCOCCOC. The smallest absolute Gasteiger partial charge is 0.0700 e. The average molecular weight is 258 g/mol. The number of methoxy groups -OCH3 is 1. The van der Waals surface area contributed by atoms with Crippen molar-refractivity contribution in [3.63, 3.8) is 0 Å². The minimum atomic E-state index is 0.703. The van der Waals surface area contributed by atoms with E-state index in [-0.39, 0.29) is 0 Å². The lowest BCUT2D eigenvalue weighted by Gasteiger charge is -2.35. The van der Waals surface area contributed by atoms with Crippen molar-refractivity contribution in [1.29, 1.82) is 0 Å². The van der Waals surface area contributed by atoms with Crippen molar-refractivity contribution in [2.45, 2.75) is 38.1 Å². The van der Waals surface area contributed by atoms with E-state index in [1.54, 1.807) is 7.11 Å². The lowest BCUT2D eigenvalue weighted by atomic mass is 9.99. The van der Waals surface area contributed by atoms with Gasteiger partial charge in [0.1, 0.15) is 0 Å². The van der Waals surface area contributed by atoms with Crippen LogP contribution in [0.4, 0.5) is 0 Å². The molecule has 1 N–H and O–H groups in total. The van der Waals surface area contributed by atoms with Crippen LogP contribution in [0.5, 0.6) is 0 Å². The van der Waals surface area contributed by atoms with Gasteiger partial charge in [-0.05, 0) is 45.8 Å². The zero-order chi connectivity index (χ0) is 13.1. The van der Waals surface area contributed by atoms with Gasteiger partial charge in [0.05, 0.1) is 13.2 Å². The predicted molar refractivity (Wildman–Crippen MR) is 75.1 cm³/mol. The Morgan fingerprint density at radius 1 is 1.22 bits per heavy atom. The van der Waals surface area contributed by atoms with Crippen LogP contribution in [0.3, 0.4) is 0 Å². The lowest BCUT2D eigenvalue weighted by molar-refractivity contribution is 0.0588. The average Bonchev–Trinajstić information content (AvgIpc) is 2.41. The first kappa shape index (κ1) is 15.9. The zero-order valence-electron chi connectivity index (χ0n) is 12.1. The second-order valence-electron chi connectivity index (χ2n) is 5.04. The highest BCUT2D eigenvalue weighted by atomic mass is 16.5. The molecule has 1 aliphatic rings. The maximum atomic E-state index is 5.52. The van der Waals surface area contributed by atoms with Gasteiger partial charge in [0, 0.05) is 26.3 Å². The first-order valence-electron chi connectivity index (χ1n) is 7.33. The fraction of sp³-hybridized carbons (Fsp3) is 1.00. The topological polar surface area (TPSA) is 33.7 Å². The van der Waals surface area contributed by atoms with Crippen molar-refractivity contribution in [1.82, 2.24) is 10.2 Å².